The summed E-state index contributed by atoms with van der Waals surface area (Å²) in [6.45, 7) is 5.86. The molecule has 0 saturated heterocycles. The summed E-state index contributed by atoms with van der Waals surface area (Å²) in [7, 11) is 0. The second-order valence-electron chi connectivity index (χ2n) is 8.53. The highest BCUT2D eigenvalue weighted by molar-refractivity contribution is 5.94. The van der Waals surface area contributed by atoms with Gasteiger partial charge in [-0.3, -0.25) is 4.79 Å². The molecule has 1 aromatic heterocycles. The van der Waals surface area contributed by atoms with E-state index in [9.17, 15) is 4.79 Å². The van der Waals surface area contributed by atoms with Gasteiger partial charge in [0, 0.05) is 5.56 Å². The number of nitrogens with one attached hydrogen (secondary N) is 1. The van der Waals surface area contributed by atoms with E-state index in [4.69, 9.17) is 9.47 Å². The summed E-state index contributed by atoms with van der Waals surface area (Å²) in [4.78, 5) is 13.0. The van der Waals surface area contributed by atoms with E-state index in [-0.39, 0.29) is 17.9 Å². The number of hydrogen-bond acceptors (Lipinski definition) is 5. The third kappa shape index (κ3) is 4.39. The van der Waals surface area contributed by atoms with Gasteiger partial charge >= 0.3 is 0 Å². The lowest BCUT2D eigenvalue weighted by atomic mass is 9.95. The molecule has 0 spiro atoms. The Balaban J connectivity index is 1.30. The average molecular weight is 443 g/mol. The van der Waals surface area contributed by atoms with E-state index in [1.54, 1.807) is 0 Å². The molecule has 0 bridgehead atoms. The van der Waals surface area contributed by atoms with E-state index < -0.39 is 0 Å². The summed E-state index contributed by atoms with van der Waals surface area (Å²) >= 11 is 0. The number of para-hydroxylation sites is 1. The molecule has 3 aromatic carbocycles. The fraction of sp³-hybridized carbons (Fsp3) is 0.269. The van der Waals surface area contributed by atoms with Crippen LogP contribution in [-0.4, -0.2) is 34.1 Å². The Bertz CT molecular complexity index is 1280. The van der Waals surface area contributed by atoms with E-state index in [0.717, 1.165) is 33.7 Å². The van der Waals surface area contributed by atoms with Gasteiger partial charge < -0.3 is 14.8 Å². The normalized spacial score (nSPS) is 13.8. The Morgan fingerprint density at radius 3 is 2.55 bits per heavy atom. The van der Waals surface area contributed by atoms with Crippen molar-refractivity contribution in [2.24, 2.45) is 5.92 Å². The van der Waals surface area contributed by atoms with Crippen LogP contribution in [0.3, 0.4) is 0 Å². The molecule has 0 aliphatic carbocycles. The zero-order valence-corrected chi connectivity index (χ0v) is 18.7. The van der Waals surface area contributed by atoms with Gasteiger partial charge in [-0.1, -0.05) is 49.4 Å². The SMILES string of the molecule is CC(C)C(NC(=O)c1ccc(Cn2nnc3ccccc32)cc1)c1ccc2c(c1)OCCO2. The number of hydrogen-bond donors (Lipinski definition) is 1. The highest BCUT2D eigenvalue weighted by Crippen LogP contribution is 2.34. The Kier molecular flexibility index (Phi) is 5.69. The summed E-state index contributed by atoms with van der Waals surface area (Å²) < 4.78 is 13.2. The molecule has 1 aliphatic heterocycles. The van der Waals surface area contributed by atoms with E-state index in [1.165, 1.54) is 0 Å². The van der Waals surface area contributed by atoms with Crippen LogP contribution in [-0.2, 0) is 6.54 Å². The van der Waals surface area contributed by atoms with Gasteiger partial charge in [0.1, 0.15) is 18.7 Å². The van der Waals surface area contributed by atoms with Gasteiger partial charge in [-0.25, -0.2) is 4.68 Å². The number of ether oxygens (including phenoxy) is 2. The molecule has 1 atom stereocenters. The van der Waals surface area contributed by atoms with Crippen LogP contribution in [0.15, 0.2) is 66.7 Å². The standard InChI is InChI=1S/C26H26N4O3/c1-17(2)25(20-11-12-23-24(15-20)33-14-13-32-23)27-26(31)19-9-7-18(8-10-19)16-30-22-6-4-3-5-21(22)28-29-30/h3-12,15,17,25H,13-14,16H2,1-2H3,(H,27,31). The first-order valence-corrected chi connectivity index (χ1v) is 11.2. The van der Waals surface area contributed by atoms with Crippen LogP contribution in [0.5, 0.6) is 11.5 Å². The van der Waals surface area contributed by atoms with Gasteiger partial charge in [0.25, 0.3) is 5.91 Å². The molecule has 7 heteroatoms. The van der Waals surface area contributed by atoms with E-state index >= 15 is 0 Å². The average Bonchev–Trinajstić information content (AvgIpc) is 3.25. The second kappa shape index (κ2) is 8.94. The van der Waals surface area contributed by atoms with Crippen LogP contribution in [0.25, 0.3) is 11.0 Å². The van der Waals surface area contributed by atoms with Crippen LogP contribution >= 0.6 is 0 Å². The third-order valence-corrected chi connectivity index (χ3v) is 5.85. The molecule has 4 aromatic rings. The van der Waals surface area contributed by atoms with Crippen molar-refractivity contribution in [1.29, 1.82) is 0 Å². The Morgan fingerprint density at radius 2 is 1.76 bits per heavy atom. The van der Waals surface area contributed by atoms with Crippen LogP contribution in [0, 0.1) is 5.92 Å². The predicted molar refractivity (Wildman–Crippen MR) is 126 cm³/mol. The van der Waals surface area contributed by atoms with Gasteiger partial charge in [0.2, 0.25) is 0 Å². The maximum absolute atomic E-state index is 13.0. The van der Waals surface area contributed by atoms with Gasteiger partial charge in [0.15, 0.2) is 11.5 Å². The van der Waals surface area contributed by atoms with Crippen molar-refractivity contribution < 1.29 is 14.3 Å². The van der Waals surface area contributed by atoms with E-state index in [0.29, 0.717) is 25.3 Å². The summed E-state index contributed by atoms with van der Waals surface area (Å²) in [6, 6.07) is 21.2. The lowest BCUT2D eigenvalue weighted by Crippen LogP contribution is -2.32. The summed E-state index contributed by atoms with van der Waals surface area (Å²) in [6.07, 6.45) is 0. The van der Waals surface area contributed by atoms with Crippen molar-refractivity contribution in [1.82, 2.24) is 20.3 Å². The number of fused-ring (bicyclic) bond motifs is 2. The molecule has 33 heavy (non-hydrogen) atoms. The molecule has 1 N–H and O–H groups in total. The fourth-order valence-corrected chi connectivity index (χ4v) is 4.08. The van der Waals surface area contributed by atoms with Crippen molar-refractivity contribution in [2.75, 3.05) is 13.2 Å². The van der Waals surface area contributed by atoms with Gasteiger partial charge in [-0.15, -0.1) is 5.10 Å². The molecule has 1 aliphatic rings. The molecule has 0 radical (unpaired) electrons. The first kappa shape index (κ1) is 21.0. The first-order valence-electron chi connectivity index (χ1n) is 11.2. The number of nitrogens with zero attached hydrogens (tertiary/aromatic N) is 3. The summed E-state index contributed by atoms with van der Waals surface area (Å²) in [5, 5.41) is 11.6. The smallest absolute Gasteiger partial charge is 0.251 e. The minimum atomic E-state index is -0.144. The van der Waals surface area contributed by atoms with Gasteiger partial charge in [-0.2, -0.15) is 0 Å². The minimum Gasteiger partial charge on any atom is -0.486 e. The molecule has 5 rings (SSSR count). The van der Waals surface area contributed by atoms with Crippen molar-refractivity contribution in [3.8, 4) is 11.5 Å². The van der Waals surface area contributed by atoms with Crippen molar-refractivity contribution in [2.45, 2.75) is 26.4 Å². The summed E-state index contributed by atoms with van der Waals surface area (Å²) in [5.74, 6) is 1.57. The molecule has 1 unspecified atom stereocenters. The monoisotopic (exact) mass is 442 g/mol. The first-order chi connectivity index (χ1) is 16.1. The van der Waals surface area contributed by atoms with E-state index in [1.807, 2.05) is 71.4 Å². The molecular weight excluding hydrogens is 416 g/mol. The highest BCUT2D eigenvalue weighted by Gasteiger charge is 2.22. The van der Waals surface area contributed by atoms with Crippen molar-refractivity contribution in [3.63, 3.8) is 0 Å². The minimum absolute atomic E-state index is 0.110. The summed E-state index contributed by atoms with van der Waals surface area (Å²) in [5.41, 5.74) is 4.52. The molecular formula is C26H26N4O3. The molecule has 0 saturated carbocycles. The van der Waals surface area contributed by atoms with Crippen molar-refractivity contribution in [3.05, 3.63) is 83.4 Å². The van der Waals surface area contributed by atoms with Gasteiger partial charge in [0.05, 0.1) is 18.1 Å². The molecule has 7 nitrogen and oxygen atoms in total. The zero-order valence-electron chi connectivity index (χ0n) is 18.7. The topological polar surface area (TPSA) is 78.3 Å². The maximum Gasteiger partial charge on any atom is 0.251 e. The van der Waals surface area contributed by atoms with Gasteiger partial charge in [-0.05, 0) is 53.4 Å². The lowest BCUT2D eigenvalue weighted by Gasteiger charge is -2.25. The fourth-order valence-electron chi connectivity index (χ4n) is 4.08. The molecule has 0 fully saturated rings. The molecule has 1 amide bonds. The van der Waals surface area contributed by atoms with E-state index in [2.05, 4.69) is 29.5 Å². The predicted octanol–water partition coefficient (Wildman–Crippen LogP) is 4.38. The molecule has 168 valence electrons. The maximum atomic E-state index is 13.0. The van der Waals surface area contributed by atoms with Crippen LogP contribution < -0.4 is 14.8 Å². The highest BCUT2D eigenvalue weighted by atomic mass is 16.6. The number of rotatable bonds is 6. The largest absolute Gasteiger partial charge is 0.486 e. The van der Waals surface area contributed by atoms with Crippen LogP contribution in [0.4, 0.5) is 0 Å². The Labute approximate surface area is 192 Å². The quantitative estimate of drug-likeness (QED) is 0.480. The number of benzene rings is 3. The van der Waals surface area contributed by atoms with Crippen LogP contribution in [0.1, 0.15) is 41.4 Å². The van der Waals surface area contributed by atoms with Crippen LogP contribution in [0.2, 0.25) is 0 Å². The third-order valence-electron chi connectivity index (χ3n) is 5.85. The zero-order chi connectivity index (χ0) is 22.8. The lowest BCUT2D eigenvalue weighted by molar-refractivity contribution is 0.0925. The number of aromatic nitrogens is 3. The second-order valence-corrected chi connectivity index (χ2v) is 8.53. The Morgan fingerprint density at radius 1 is 1.00 bits per heavy atom. The Hall–Kier alpha value is -3.87. The molecule has 2 heterocycles. The number of carbonyl (C=O) groups excluding carboxylic acids is 1. The van der Waals surface area contributed by atoms with Crippen molar-refractivity contribution >= 4 is 16.9 Å². The number of amides is 1. The number of carbonyl (C=O) groups is 1.